The fraction of sp³-hybridized carbons (Fsp3) is 0.0500. The number of nitriles is 1. The summed E-state index contributed by atoms with van der Waals surface area (Å²) in [5.74, 6) is 0.509. The molecule has 0 aliphatic heterocycles. The van der Waals surface area contributed by atoms with Crippen molar-refractivity contribution in [2.24, 2.45) is 0 Å². The van der Waals surface area contributed by atoms with Gasteiger partial charge in [0.25, 0.3) is 0 Å². The van der Waals surface area contributed by atoms with Crippen LogP contribution in [0.2, 0.25) is 5.02 Å². The maximum Gasteiger partial charge on any atom is 0.149 e. The fourth-order valence-electron chi connectivity index (χ4n) is 2.98. The Morgan fingerprint density at radius 2 is 2.00 bits per heavy atom. The first-order chi connectivity index (χ1) is 13.7. The largest absolute Gasteiger partial charge is 0.382 e. The van der Waals surface area contributed by atoms with Crippen LogP contribution in [0.5, 0.6) is 0 Å². The van der Waals surface area contributed by atoms with E-state index in [0.29, 0.717) is 17.4 Å². The standard InChI is InChI=1S/C20H14ClN7/c21-13-4-5-14-17(7-13)25-9-12(18(14)16-3-1-2-6-24-16)10-26-20-15(8-22)19(23)27-11-28-20/h1-7,9,11H,10H2,(H3,23,26,27,28). The van der Waals surface area contributed by atoms with Crippen LogP contribution in [0.1, 0.15) is 11.1 Å². The van der Waals surface area contributed by atoms with Crippen LogP contribution in [0.25, 0.3) is 22.2 Å². The van der Waals surface area contributed by atoms with Crippen molar-refractivity contribution in [1.82, 2.24) is 19.9 Å². The summed E-state index contributed by atoms with van der Waals surface area (Å²) in [5.41, 5.74) is 9.41. The van der Waals surface area contributed by atoms with Crippen molar-refractivity contribution in [2.75, 3.05) is 11.1 Å². The highest BCUT2D eigenvalue weighted by Gasteiger charge is 2.14. The van der Waals surface area contributed by atoms with Gasteiger partial charge in [0, 0.05) is 34.9 Å². The summed E-state index contributed by atoms with van der Waals surface area (Å²) in [6.07, 6.45) is 4.83. The van der Waals surface area contributed by atoms with Gasteiger partial charge in [-0.3, -0.25) is 9.97 Å². The van der Waals surface area contributed by atoms with Crippen LogP contribution in [-0.4, -0.2) is 19.9 Å². The summed E-state index contributed by atoms with van der Waals surface area (Å²) in [4.78, 5) is 17.0. The lowest BCUT2D eigenvalue weighted by Crippen LogP contribution is -2.08. The lowest BCUT2D eigenvalue weighted by atomic mass is 10.00. The molecule has 0 saturated carbocycles. The second kappa shape index (κ2) is 7.47. The molecule has 1 aromatic carbocycles. The Balaban J connectivity index is 1.81. The maximum absolute atomic E-state index is 9.31. The molecule has 0 aliphatic carbocycles. The maximum atomic E-state index is 9.31. The number of hydrogen-bond acceptors (Lipinski definition) is 7. The minimum absolute atomic E-state index is 0.135. The number of benzene rings is 1. The molecule has 0 radical (unpaired) electrons. The van der Waals surface area contributed by atoms with Crippen molar-refractivity contribution >= 4 is 34.1 Å². The van der Waals surface area contributed by atoms with Crippen molar-refractivity contribution in [3.8, 4) is 17.3 Å². The number of anilines is 2. The minimum Gasteiger partial charge on any atom is -0.382 e. The third kappa shape index (κ3) is 3.29. The van der Waals surface area contributed by atoms with Crippen molar-refractivity contribution in [3.05, 3.63) is 71.3 Å². The number of nitrogens with two attached hydrogens (primary N) is 1. The number of pyridine rings is 2. The molecule has 0 atom stereocenters. The normalized spacial score (nSPS) is 10.6. The van der Waals surface area contributed by atoms with Crippen LogP contribution in [-0.2, 0) is 6.54 Å². The van der Waals surface area contributed by atoms with E-state index < -0.39 is 0 Å². The molecular weight excluding hydrogens is 374 g/mol. The van der Waals surface area contributed by atoms with E-state index in [9.17, 15) is 5.26 Å². The number of halogens is 1. The molecule has 136 valence electrons. The van der Waals surface area contributed by atoms with Crippen LogP contribution < -0.4 is 11.1 Å². The zero-order chi connectivity index (χ0) is 19.5. The van der Waals surface area contributed by atoms with Gasteiger partial charge in [-0.2, -0.15) is 5.26 Å². The highest BCUT2D eigenvalue weighted by Crippen LogP contribution is 2.31. The van der Waals surface area contributed by atoms with Crippen molar-refractivity contribution in [3.63, 3.8) is 0 Å². The van der Waals surface area contributed by atoms with Crippen molar-refractivity contribution in [2.45, 2.75) is 6.54 Å². The first kappa shape index (κ1) is 17.6. The number of fused-ring (bicyclic) bond motifs is 1. The van der Waals surface area contributed by atoms with Crippen LogP contribution in [0.15, 0.2) is 55.1 Å². The van der Waals surface area contributed by atoms with Crippen LogP contribution in [0.4, 0.5) is 11.6 Å². The lowest BCUT2D eigenvalue weighted by Gasteiger charge is -2.14. The number of nitrogen functional groups attached to an aromatic ring is 1. The van der Waals surface area contributed by atoms with Gasteiger partial charge in [0.1, 0.15) is 29.6 Å². The third-order valence-electron chi connectivity index (χ3n) is 4.27. The van der Waals surface area contributed by atoms with E-state index in [0.717, 1.165) is 27.7 Å². The van der Waals surface area contributed by atoms with Crippen LogP contribution in [0, 0.1) is 11.3 Å². The highest BCUT2D eigenvalue weighted by atomic mass is 35.5. The molecule has 28 heavy (non-hydrogen) atoms. The van der Waals surface area contributed by atoms with Gasteiger partial charge in [0.2, 0.25) is 0 Å². The summed E-state index contributed by atoms with van der Waals surface area (Å²) in [6, 6.07) is 13.3. The molecule has 3 heterocycles. The number of aromatic nitrogens is 4. The molecule has 4 rings (SSSR count). The Morgan fingerprint density at radius 3 is 2.79 bits per heavy atom. The molecule has 4 aromatic rings. The summed E-state index contributed by atoms with van der Waals surface area (Å²) in [6.45, 7) is 0.378. The Bertz CT molecular complexity index is 1200. The number of nitrogens with zero attached hydrogens (tertiary/aromatic N) is 5. The van der Waals surface area contributed by atoms with Crippen LogP contribution in [0.3, 0.4) is 0 Å². The smallest absolute Gasteiger partial charge is 0.149 e. The van der Waals surface area contributed by atoms with E-state index in [-0.39, 0.29) is 11.4 Å². The zero-order valence-corrected chi connectivity index (χ0v) is 15.4. The SMILES string of the molecule is N#Cc1c(N)ncnc1NCc1cnc2cc(Cl)ccc2c1-c1ccccn1. The van der Waals surface area contributed by atoms with Crippen molar-refractivity contribution < 1.29 is 0 Å². The van der Waals surface area contributed by atoms with Gasteiger partial charge in [0.15, 0.2) is 0 Å². The van der Waals surface area contributed by atoms with Gasteiger partial charge >= 0.3 is 0 Å². The van der Waals surface area contributed by atoms with Gasteiger partial charge in [-0.05, 0) is 29.8 Å². The second-order valence-electron chi connectivity index (χ2n) is 5.98. The van der Waals surface area contributed by atoms with E-state index in [1.54, 1.807) is 12.4 Å². The Kier molecular flexibility index (Phi) is 4.70. The topological polar surface area (TPSA) is 113 Å². The third-order valence-corrected chi connectivity index (χ3v) is 4.50. The van der Waals surface area contributed by atoms with E-state index in [4.69, 9.17) is 17.3 Å². The summed E-state index contributed by atoms with van der Waals surface area (Å²) in [7, 11) is 0. The predicted octanol–water partition coefficient (Wildman–Crippen LogP) is 3.81. The van der Waals surface area contributed by atoms with Gasteiger partial charge in [0.05, 0.1) is 11.2 Å². The quantitative estimate of drug-likeness (QED) is 0.547. The lowest BCUT2D eigenvalue weighted by molar-refractivity contribution is 1.07. The molecule has 0 aliphatic rings. The molecule has 7 nitrogen and oxygen atoms in total. The Morgan fingerprint density at radius 1 is 1.11 bits per heavy atom. The van der Waals surface area contributed by atoms with Gasteiger partial charge in [-0.15, -0.1) is 0 Å². The first-order valence-electron chi connectivity index (χ1n) is 8.40. The molecule has 0 fully saturated rings. The van der Waals surface area contributed by atoms with E-state index in [1.807, 2.05) is 42.5 Å². The molecule has 3 N–H and O–H groups in total. The Hall–Kier alpha value is -3.76. The average molecular weight is 388 g/mol. The zero-order valence-electron chi connectivity index (χ0n) is 14.6. The monoisotopic (exact) mass is 387 g/mol. The van der Waals surface area contributed by atoms with Gasteiger partial charge < -0.3 is 11.1 Å². The van der Waals surface area contributed by atoms with E-state index >= 15 is 0 Å². The molecule has 3 aromatic heterocycles. The molecule has 0 bridgehead atoms. The first-order valence-corrected chi connectivity index (χ1v) is 8.78. The van der Waals surface area contributed by atoms with E-state index in [2.05, 4.69) is 25.3 Å². The summed E-state index contributed by atoms with van der Waals surface area (Å²) in [5, 5.41) is 14.0. The second-order valence-corrected chi connectivity index (χ2v) is 6.42. The molecule has 0 amide bonds. The van der Waals surface area contributed by atoms with Gasteiger partial charge in [-0.1, -0.05) is 23.7 Å². The average Bonchev–Trinajstić information content (AvgIpc) is 2.72. The molecule has 0 saturated heterocycles. The molecule has 0 spiro atoms. The fourth-order valence-corrected chi connectivity index (χ4v) is 3.14. The van der Waals surface area contributed by atoms with Crippen molar-refractivity contribution in [1.29, 1.82) is 5.26 Å². The number of rotatable bonds is 4. The predicted molar refractivity (Wildman–Crippen MR) is 108 cm³/mol. The molecular formula is C20H14ClN7. The minimum atomic E-state index is 0.135. The summed E-state index contributed by atoms with van der Waals surface area (Å²) >= 11 is 6.12. The van der Waals surface area contributed by atoms with E-state index in [1.165, 1.54) is 6.33 Å². The molecule has 8 heteroatoms. The van der Waals surface area contributed by atoms with Crippen LogP contribution >= 0.6 is 11.6 Å². The number of nitrogens with one attached hydrogen (secondary N) is 1. The summed E-state index contributed by atoms with van der Waals surface area (Å²) < 4.78 is 0. The molecule has 0 unspecified atom stereocenters. The number of hydrogen-bond donors (Lipinski definition) is 2. The highest BCUT2D eigenvalue weighted by molar-refractivity contribution is 6.31. The van der Waals surface area contributed by atoms with Gasteiger partial charge in [-0.25, -0.2) is 9.97 Å². The Labute approximate surface area is 165 Å².